The maximum absolute atomic E-state index is 12.1. The zero-order chi connectivity index (χ0) is 23.5. The number of benzene rings is 3. The first-order valence-electron chi connectivity index (χ1n) is 10.2. The summed E-state index contributed by atoms with van der Waals surface area (Å²) in [6.07, 6.45) is 1.20. The SMILES string of the molecule is C=CC(=O)Nc1cccc(-c2ccc(C(N)=O)c3[nH]c(-c4cccc(C#N)c4)cc23)c1CN. The number of nitrogens with zero attached hydrogens (tertiary/aromatic N) is 1. The fourth-order valence-electron chi connectivity index (χ4n) is 3.93. The van der Waals surface area contributed by atoms with Crippen molar-refractivity contribution >= 4 is 28.4 Å². The van der Waals surface area contributed by atoms with Crippen molar-refractivity contribution in [2.45, 2.75) is 6.54 Å². The lowest BCUT2D eigenvalue weighted by atomic mass is 9.93. The Labute approximate surface area is 190 Å². The zero-order valence-corrected chi connectivity index (χ0v) is 17.7. The molecule has 0 saturated carbocycles. The maximum Gasteiger partial charge on any atom is 0.250 e. The summed E-state index contributed by atoms with van der Waals surface area (Å²) in [5, 5.41) is 12.8. The second-order valence-corrected chi connectivity index (χ2v) is 7.42. The van der Waals surface area contributed by atoms with Gasteiger partial charge in [0.1, 0.15) is 0 Å². The Hall–Kier alpha value is -4.67. The van der Waals surface area contributed by atoms with Gasteiger partial charge in [-0.2, -0.15) is 5.26 Å². The molecule has 0 aliphatic rings. The van der Waals surface area contributed by atoms with E-state index in [4.69, 9.17) is 11.5 Å². The summed E-state index contributed by atoms with van der Waals surface area (Å²) in [6, 6.07) is 20.2. The molecular formula is C26H21N5O2. The molecule has 2 amide bonds. The minimum atomic E-state index is -0.559. The molecule has 4 aromatic rings. The standard InChI is InChI=1S/C26H21N5O2/c1-2-24(32)30-22-8-4-7-17(21(22)14-28)18-9-10-19(26(29)33)25-20(18)12-23(31-25)16-6-3-5-15(11-16)13-27/h2-12,31H,1,14,28H2,(H2,29,33)(H,30,32). The number of amides is 2. The van der Waals surface area contributed by atoms with Gasteiger partial charge in [-0.3, -0.25) is 9.59 Å². The molecule has 0 spiro atoms. The van der Waals surface area contributed by atoms with Crippen LogP contribution in [0.25, 0.3) is 33.3 Å². The van der Waals surface area contributed by atoms with Crippen molar-refractivity contribution in [3.63, 3.8) is 0 Å². The molecule has 1 aromatic heterocycles. The summed E-state index contributed by atoms with van der Waals surface area (Å²) in [7, 11) is 0. The predicted molar refractivity (Wildman–Crippen MR) is 129 cm³/mol. The highest BCUT2D eigenvalue weighted by molar-refractivity contribution is 6.11. The molecule has 0 unspecified atom stereocenters. The second kappa shape index (κ2) is 8.83. The number of fused-ring (bicyclic) bond motifs is 1. The van der Waals surface area contributed by atoms with Gasteiger partial charge in [-0.1, -0.05) is 36.9 Å². The van der Waals surface area contributed by atoms with Crippen molar-refractivity contribution in [2.24, 2.45) is 11.5 Å². The van der Waals surface area contributed by atoms with Crippen LogP contribution in [0.5, 0.6) is 0 Å². The predicted octanol–water partition coefficient (Wildman–Crippen LogP) is 4.06. The minimum absolute atomic E-state index is 0.184. The van der Waals surface area contributed by atoms with Gasteiger partial charge in [-0.25, -0.2) is 0 Å². The number of carbonyl (C=O) groups excluding carboxylic acids is 2. The van der Waals surface area contributed by atoms with Gasteiger partial charge in [-0.15, -0.1) is 0 Å². The molecular weight excluding hydrogens is 414 g/mol. The average Bonchev–Trinajstić information content (AvgIpc) is 3.28. The lowest BCUT2D eigenvalue weighted by Crippen LogP contribution is -2.13. The first kappa shape index (κ1) is 21.6. The van der Waals surface area contributed by atoms with E-state index in [9.17, 15) is 14.9 Å². The summed E-state index contributed by atoms with van der Waals surface area (Å²) in [4.78, 5) is 27.3. The van der Waals surface area contributed by atoms with Crippen LogP contribution in [-0.4, -0.2) is 16.8 Å². The number of aromatic amines is 1. The largest absolute Gasteiger partial charge is 0.366 e. The summed E-state index contributed by atoms with van der Waals surface area (Å²) >= 11 is 0. The molecule has 4 rings (SSSR count). The van der Waals surface area contributed by atoms with Gasteiger partial charge in [0.25, 0.3) is 5.91 Å². The molecule has 0 radical (unpaired) electrons. The number of aromatic nitrogens is 1. The fraction of sp³-hybridized carbons (Fsp3) is 0.0385. The summed E-state index contributed by atoms with van der Waals surface area (Å²) in [6.45, 7) is 3.68. The number of nitrogens with one attached hydrogen (secondary N) is 2. The maximum atomic E-state index is 12.1. The summed E-state index contributed by atoms with van der Waals surface area (Å²) in [5.74, 6) is -0.894. The molecule has 0 bridgehead atoms. The van der Waals surface area contributed by atoms with E-state index < -0.39 is 5.91 Å². The molecule has 6 N–H and O–H groups in total. The molecule has 0 aliphatic heterocycles. The van der Waals surface area contributed by atoms with E-state index in [-0.39, 0.29) is 12.5 Å². The molecule has 3 aromatic carbocycles. The third-order valence-electron chi connectivity index (χ3n) is 5.48. The monoisotopic (exact) mass is 435 g/mol. The van der Waals surface area contributed by atoms with Gasteiger partial charge in [-0.05, 0) is 58.7 Å². The van der Waals surface area contributed by atoms with Gasteiger partial charge in [0.2, 0.25) is 5.91 Å². The summed E-state index contributed by atoms with van der Waals surface area (Å²) in [5.41, 5.74) is 17.7. The van der Waals surface area contributed by atoms with Crippen molar-refractivity contribution in [2.75, 3.05) is 5.32 Å². The van der Waals surface area contributed by atoms with E-state index in [1.807, 2.05) is 30.3 Å². The van der Waals surface area contributed by atoms with E-state index in [0.29, 0.717) is 22.3 Å². The zero-order valence-electron chi connectivity index (χ0n) is 17.7. The van der Waals surface area contributed by atoms with Crippen LogP contribution in [-0.2, 0) is 11.3 Å². The van der Waals surface area contributed by atoms with Crippen LogP contribution in [0.4, 0.5) is 5.69 Å². The van der Waals surface area contributed by atoms with Crippen LogP contribution in [0.1, 0.15) is 21.5 Å². The van der Waals surface area contributed by atoms with E-state index >= 15 is 0 Å². The van der Waals surface area contributed by atoms with Crippen LogP contribution >= 0.6 is 0 Å². The quantitative estimate of drug-likeness (QED) is 0.339. The number of hydrogen-bond acceptors (Lipinski definition) is 4. The van der Waals surface area contributed by atoms with Crippen LogP contribution in [0, 0.1) is 11.3 Å². The number of anilines is 1. The van der Waals surface area contributed by atoms with E-state index in [2.05, 4.69) is 22.9 Å². The number of rotatable bonds is 6. The smallest absolute Gasteiger partial charge is 0.250 e. The van der Waals surface area contributed by atoms with Crippen molar-refractivity contribution in [1.82, 2.24) is 4.98 Å². The Morgan fingerprint density at radius 3 is 2.58 bits per heavy atom. The molecule has 33 heavy (non-hydrogen) atoms. The third-order valence-corrected chi connectivity index (χ3v) is 5.48. The lowest BCUT2D eigenvalue weighted by Gasteiger charge is -2.15. The van der Waals surface area contributed by atoms with Crippen LogP contribution in [0.2, 0.25) is 0 Å². The molecule has 7 nitrogen and oxygen atoms in total. The fourth-order valence-corrected chi connectivity index (χ4v) is 3.93. The average molecular weight is 435 g/mol. The molecule has 0 saturated heterocycles. The van der Waals surface area contributed by atoms with Gasteiger partial charge in [0.15, 0.2) is 0 Å². The van der Waals surface area contributed by atoms with E-state index in [1.54, 1.807) is 30.3 Å². The van der Waals surface area contributed by atoms with E-state index in [1.165, 1.54) is 6.08 Å². The van der Waals surface area contributed by atoms with Crippen molar-refractivity contribution in [1.29, 1.82) is 5.26 Å². The highest BCUT2D eigenvalue weighted by Crippen LogP contribution is 2.37. The first-order chi connectivity index (χ1) is 16.0. The number of primary amides is 1. The Morgan fingerprint density at radius 1 is 1.09 bits per heavy atom. The number of H-pyrrole nitrogens is 1. The third kappa shape index (κ3) is 3.99. The van der Waals surface area contributed by atoms with Gasteiger partial charge >= 0.3 is 0 Å². The van der Waals surface area contributed by atoms with Gasteiger partial charge < -0.3 is 21.8 Å². The second-order valence-electron chi connectivity index (χ2n) is 7.42. The minimum Gasteiger partial charge on any atom is -0.366 e. The Balaban J connectivity index is 1.97. The van der Waals surface area contributed by atoms with Crippen LogP contribution in [0.3, 0.4) is 0 Å². The Kier molecular flexibility index (Phi) is 5.77. The summed E-state index contributed by atoms with van der Waals surface area (Å²) < 4.78 is 0. The van der Waals surface area contributed by atoms with Crippen molar-refractivity contribution < 1.29 is 9.59 Å². The highest BCUT2D eigenvalue weighted by atomic mass is 16.1. The number of nitriles is 1. The number of hydrogen-bond donors (Lipinski definition) is 4. The molecule has 0 atom stereocenters. The first-order valence-corrected chi connectivity index (χ1v) is 10.2. The normalized spacial score (nSPS) is 10.5. The molecule has 0 aliphatic carbocycles. The topological polar surface area (TPSA) is 138 Å². The van der Waals surface area contributed by atoms with Crippen molar-refractivity contribution in [3.05, 3.63) is 90.0 Å². The number of nitrogens with two attached hydrogens (primary N) is 2. The highest BCUT2D eigenvalue weighted by Gasteiger charge is 2.18. The van der Waals surface area contributed by atoms with E-state index in [0.717, 1.165) is 33.3 Å². The van der Waals surface area contributed by atoms with Gasteiger partial charge in [0.05, 0.1) is 22.7 Å². The van der Waals surface area contributed by atoms with Gasteiger partial charge in [0, 0.05) is 23.3 Å². The molecule has 162 valence electrons. The van der Waals surface area contributed by atoms with Crippen LogP contribution in [0.15, 0.2) is 73.3 Å². The Morgan fingerprint density at radius 2 is 1.88 bits per heavy atom. The molecule has 0 fully saturated rings. The van der Waals surface area contributed by atoms with Crippen LogP contribution < -0.4 is 16.8 Å². The number of carbonyl (C=O) groups is 2. The lowest BCUT2D eigenvalue weighted by molar-refractivity contribution is -0.111. The molecule has 1 heterocycles. The Bertz CT molecular complexity index is 1460. The van der Waals surface area contributed by atoms with Crippen molar-refractivity contribution in [3.8, 4) is 28.5 Å². The molecule has 7 heteroatoms.